The molecular weight excluding hydrogens is 540 g/mol. The van der Waals surface area contributed by atoms with Gasteiger partial charge in [0, 0.05) is 24.1 Å². The number of hydrogen-bond donors (Lipinski definition) is 4. The maximum atomic E-state index is 13.0. The topological polar surface area (TPSA) is 133 Å². The third-order valence-electron chi connectivity index (χ3n) is 6.85. The lowest BCUT2D eigenvalue weighted by atomic mass is 9.78. The molecule has 220 valence electrons. The third-order valence-corrected chi connectivity index (χ3v) is 7.97. The molecule has 1 unspecified atom stereocenters. The van der Waals surface area contributed by atoms with Gasteiger partial charge in [0.25, 0.3) is 5.91 Å². The number of aryl methyl sites for hydroxylation is 1. The van der Waals surface area contributed by atoms with Crippen molar-refractivity contribution in [2.75, 3.05) is 6.54 Å². The second-order valence-electron chi connectivity index (χ2n) is 12.4. The first-order chi connectivity index (χ1) is 19.1. The molecule has 3 aromatic rings. The van der Waals surface area contributed by atoms with E-state index >= 15 is 0 Å². The van der Waals surface area contributed by atoms with Crippen LogP contribution >= 0.6 is 11.3 Å². The minimum atomic E-state index is -1.12. The number of hydrogen-bond acceptors (Lipinski definition) is 6. The predicted octanol–water partition coefficient (Wildman–Crippen LogP) is 5.48. The molecule has 0 aliphatic heterocycles. The van der Waals surface area contributed by atoms with Gasteiger partial charge in [0.05, 0.1) is 11.3 Å². The fourth-order valence-electron chi connectivity index (χ4n) is 4.53. The first-order valence-corrected chi connectivity index (χ1v) is 14.6. The number of carboxylic acid groups (broad SMARTS) is 1. The number of fused-ring (bicyclic) bond motifs is 1. The summed E-state index contributed by atoms with van der Waals surface area (Å²) in [4.78, 5) is 50.2. The number of aliphatic carboxylic acids is 1. The molecular formula is C32H40N2O6S. The Kier molecular flexibility index (Phi) is 9.97. The molecule has 1 aromatic heterocycles. The second kappa shape index (κ2) is 12.9. The molecule has 0 saturated heterocycles. The average molecular weight is 581 g/mol. The standard InChI is InChI=1S/C32H40N2O6S/c1-31(2,3)21-15-19(16-22(29(21)39)32(4,5)6)11-13-27(36)34-23(24(35)12-14-28(37)38)18-33-30(40)26-17-20-9-7-8-10-25(20)41-26/h7-10,15-17,23,39H,11-14,18H2,1-6H3,(H,33,40)(H,34,36)(H,37,38). The number of phenols is 1. The Hall–Kier alpha value is -3.72. The third kappa shape index (κ3) is 8.63. The first kappa shape index (κ1) is 31.8. The Morgan fingerprint density at radius 3 is 2.05 bits per heavy atom. The van der Waals surface area contributed by atoms with Crippen LogP contribution < -0.4 is 10.6 Å². The predicted molar refractivity (Wildman–Crippen MR) is 162 cm³/mol. The molecule has 0 aliphatic rings. The fraction of sp³-hybridized carbons (Fsp3) is 0.438. The number of benzene rings is 2. The van der Waals surface area contributed by atoms with Gasteiger partial charge in [-0.25, -0.2) is 0 Å². The molecule has 9 heteroatoms. The maximum absolute atomic E-state index is 13.0. The van der Waals surface area contributed by atoms with E-state index in [9.17, 15) is 24.3 Å². The van der Waals surface area contributed by atoms with Crippen LogP contribution in [0, 0.1) is 0 Å². The number of carboxylic acids is 1. The van der Waals surface area contributed by atoms with Gasteiger partial charge in [-0.3, -0.25) is 19.2 Å². The number of carbonyl (C=O) groups excluding carboxylic acids is 3. The van der Waals surface area contributed by atoms with Gasteiger partial charge in [-0.15, -0.1) is 11.3 Å². The summed E-state index contributed by atoms with van der Waals surface area (Å²) in [6, 6.07) is 12.1. The summed E-state index contributed by atoms with van der Waals surface area (Å²) in [6.07, 6.45) is -0.178. The minimum absolute atomic E-state index is 0.0743. The summed E-state index contributed by atoms with van der Waals surface area (Å²) in [5, 5.41) is 26.4. The van der Waals surface area contributed by atoms with E-state index in [0.29, 0.717) is 11.3 Å². The maximum Gasteiger partial charge on any atom is 0.303 e. The lowest BCUT2D eigenvalue weighted by Gasteiger charge is -2.28. The van der Waals surface area contributed by atoms with Crippen molar-refractivity contribution < 1.29 is 29.4 Å². The highest BCUT2D eigenvalue weighted by atomic mass is 32.1. The summed E-state index contributed by atoms with van der Waals surface area (Å²) < 4.78 is 0.957. The molecule has 0 bridgehead atoms. The van der Waals surface area contributed by atoms with E-state index < -0.39 is 23.7 Å². The monoisotopic (exact) mass is 580 g/mol. The average Bonchev–Trinajstić information content (AvgIpc) is 3.32. The number of ketones is 1. The quantitative estimate of drug-likeness (QED) is 0.237. The number of thiophene rings is 1. The van der Waals surface area contributed by atoms with Crippen LogP contribution in [0.25, 0.3) is 10.1 Å². The first-order valence-electron chi connectivity index (χ1n) is 13.7. The number of amides is 2. The van der Waals surface area contributed by atoms with E-state index in [1.165, 1.54) is 11.3 Å². The number of phenolic OH excluding ortho intramolecular Hbond substituents is 1. The van der Waals surface area contributed by atoms with Gasteiger partial charge in [-0.05, 0) is 51.5 Å². The van der Waals surface area contributed by atoms with Crippen LogP contribution in [0.3, 0.4) is 0 Å². The van der Waals surface area contributed by atoms with E-state index in [1.54, 1.807) is 6.07 Å². The normalized spacial score (nSPS) is 12.6. The van der Waals surface area contributed by atoms with E-state index in [-0.39, 0.29) is 48.3 Å². The lowest BCUT2D eigenvalue weighted by molar-refractivity contribution is -0.138. The van der Waals surface area contributed by atoms with Crippen molar-refractivity contribution in [1.29, 1.82) is 0 Å². The van der Waals surface area contributed by atoms with E-state index in [4.69, 9.17) is 5.11 Å². The Balaban J connectivity index is 1.72. The zero-order chi connectivity index (χ0) is 30.5. The summed E-state index contributed by atoms with van der Waals surface area (Å²) in [5.41, 5.74) is 1.87. The minimum Gasteiger partial charge on any atom is -0.507 e. The summed E-state index contributed by atoms with van der Waals surface area (Å²) in [7, 11) is 0. The molecule has 0 radical (unpaired) electrons. The van der Waals surface area contributed by atoms with Crippen LogP contribution in [0.2, 0.25) is 0 Å². The molecule has 41 heavy (non-hydrogen) atoms. The van der Waals surface area contributed by atoms with Crippen molar-refractivity contribution in [3.63, 3.8) is 0 Å². The van der Waals surface area contributed by atoms with Gasteiger partial charge in [0.15, 0.2) is 5.78 Å². The van der Waals surface area contributed by atoms with Gasteiger partial charge in [0.1, 0.15) is 11.8 Å². The molecule has 8 nitrogen and oxygen atoms in total. The second-order valence-corrected chi connectivity index (χ2v) is 13.5. The van der Waals surface area contributed by atoms with Crippen LogP contribution in [-0.4, -0.2) is 46.4 Å². The lowest BCUT2D eigenvalue weighted by Crippen LogP contribution is -2.48. The molecule has 3 rings (SSSR count). The molecule has 0 spiro atoms. The fourth-order valence-corrected chi connectivity index (χ4v) is 5.51. The molecule has 2 amide bonds. The number of rotatable bonds is 11. The molecule has 0 saturated carbocycles. The van der Waals surface area contributed by atoms with Gasteiger partial charge in [-0.1, -0.05) is 71.9 Å². The van der Waals surface area contributed by atoms with Crippen molar-refractivity contribution in [3.8, 4) is 5.75 Å². The van der Waals surface area contributed by atoms with E-state index in [1.807, 2.05) is 77.9 Å². The Labute approximate surface area is 245 Å². The Morgan fingerprint density at radius 1 is 0.878 bits per heavy atom. The number of carbonyl (C=O) groups is 4. The van der Waals surface area contributed by atoms with Crippen molar-refractivity contribution in [2.24, 2.45) is 0 Å². The van der Waals surface area contributed by atoms with Crippen LogP contribution in [-0.2, 0) is 31.6 Å². The largest absolute Gasteiger partial charge is 0.507 e. The SMILES string of the molecule is CC(C)(C)c1cc(CCC(=O)NC(CNC(=O)c2cc3ccccc3s2)C(=O)CCC(=O)O)cc(C(C)(C)C)c1O. The van der Waals surface area contributed by atoms with Crippen LogP contribution in [0.1, 0.15) is 87.2 Å². The van der Waals surface area contributed by atoms with E-state index in [2.05, 4.69) is 10.6 Å². The Bertz CT molecular complexity index is 1380. The summed E-state index contributed by atoms with van der Waals surface area (Å²) in [6.45, 7) is 12.0. The van der Waals surface area contributed by atoms with Gasteiger partial charge in [0.2, 0.25) is 5.91 Å². The smallest absolute Gasteiger partial charge is 0.303 e. The van der Waals surface area contributed by atoms with Crippen molar-refractivity contribution >= 4 is 45.0 Å². The number of Topliss-reactive ketones (excluding diaryl/α,β-unsaturated/α-hetero) is 1. The summed E-state index contributed by atoms with van der Waals surface area (Å²) >= 11 is 1.33. The highest BCUT2D eigenvalue weighted by Crippen LogP contribution is 2.40. The number of aromatic hydroxyl groups is 1. The molecule has 2 aromatic carbocycles. The van der Waals surface area contributed by atoms with Crippen molar-refractivity contribution in [3.05, 3.63) is 64.0 Å². The molecule has 4 N–H and O–H groups in total. The van der Waals surface area contributed by atoms with Gasteiger partial charge < -0.3 is 20.8 Å². The number of nitrogens with one attached hydrogen (secondary N) is 2. The molecule has 1 heterocycles. The summed E-state index contributed by atoms with van der Waals surface area (Å²) in [5.74, 6) is -2.08. The van der Waals surface area contributed by atoms with Crippen molar-refractivity contribution in [2.45, 2.75) is 84.1 Å². The highest BCUT2D eigenvalue weighted by molar-refractivity contribution is 7.20. The van der Waals surface area contributed by atoms with E-state index in [0.717, 1.165) is 26.8 Å². The zero-order valence-corrected chi connectivity index (χ0v) is 25.4. The Morgan fingerprint density at radius 2 is 1.49 bits per heavy atom. The van der Waals surface area contributed by atoms with Crippen LogP contribution in [0.4, 0.5) is 0 Å². The molecule has 0 fully saturated rings. The highest BCUT2D eigenvalue weighted by Gasteiger charge is 2.27. The molecule has 1 atom stereocenters. The van der Waals surface area contributed by atoms with Gasteiger partial charge >= 0.3 is 5.97 Å². The van der Waals surface area contributed by atoms with Gasteiger partial charge in [-0.2, -0.15) is 0 Å². The van der Waals surface area contributed by atoms with Crippen LogP contribution in [0.5, 0.6) is 5.75 Å². The molecule has 0 aliphatic carbocycles. The zero-order valence-electron chi connectivity index (χ0n) is 24.6. The van der Waals surface area contributed by atoms with Crippen LogP contribution in [0.15, 0.2) is 42.5 Å². The van der Waals surface area contributed by atoms with Crippen molar-refractivity contribution in [1.82, 2.24) is 10.6 Å².